The van der Waals surface area contributed by atoms with E-state index in [-0.39, 0.29) is 29.8 Å². The summed E-state index contributed by atoms with van der Waals surface area (Å²) in [7, 11) is 0. The number of aliphatic imine (C=N–C) groups is 1. The first-order valence-corrected chi connectivity index (χ1v) is 8.30. The standard InChI is InChI=1S/C17H25FN4.HI/c1-2-19-17(20-13-14-7-8-14)22-11-9-21(10-12-22)16-6-4-3-5-15(16)18;/h3-6,14H,2,7-13H2,1H3,(H,19,20);1H. The molecule has 4 nitrogen and oxygen atoms in total. The molecule has 1 saturated heterocycles. The molecule has 2 fully saturated rings. The first-order chi connectivity index (χ1) is 10.8. The molecule has 3 rings (SSSR count). The molecule has 0 unspecified atom stereocenters. The fourth-order valence-electron chi connectivity index (χ4n) is 2.81. The van der Waals surface area contributed by atoms with Gasteiger partial charge in [-0.3, -0.25) is 4.99 Å². The number of rotatable bonds is 4. The Bertz CT molecular complexity index is 525. The molecule has 0 aromatic heterocycles. The van der Waals surface area contributed by atoms with Crippen molar-refractivity contribution >= 4 is 35.6 Å². The lowest BCUT2D eigenvalue weighted by atomic mass is 10.2. The SMILES string of the molecule is CCNC(=NCC1CC1)N1CCN(c2ccccc2F)CC1.I. The van der Waals surface area contributed by atoms with Crippen LogP contribution in [0.25, 0.3) is 0 Å². The minimum Gasteiger partial charge on any atom is -0.366 e. The summed E-state index contributed by atoms with van der Waals surface area (Å²) in [4.78, 5) is 9.17. The number of halogens is 2. The maximum atomic E-state index is 13.9. The lowest BCUT2D eigenvalue weighted by Gasteiger charge is -2.37. The summed E-state index contributed by atoms with van der Waals surface area (Å²) in [5.41, 5.74) is 0.710. The molecule has 128 valence electrons. The Morgan fingerprint density at radius 2 is 1.91 bits per heavy atom. The van der Waals surface area contributed by atoms with Crippen molar-refractivity contribution in [3.8, 4) is 0 Å². The average molecular weight is 432 g/mol. The van der Waals surface area contributed by atoms with Crippen LogP contribution in [0.2, 0.25) is 0 Å². The van der Waals surface area contributed by atoms with Gasteiger partial charge in [-0.2, -0.15) is 0 Å². The number of guanidine groups is 1. The van der Waals surface area contributed by atoms with Crippen molar-refractivity contribution in [2.24, 2.45) is 10.9 Å². The number of benzene rings is 1. The molecule has 0 bridgehead atoms. The van der Waals surface area contributed by atoms with E-state index in [1.165, 1.54) is 18.9 Å². The van der Waals surface area contributed by atoms with Gasteiger partial charge in [-0.25, -0.2) is 4.39 Å². The fourth-order valence-corrected chi connectivity index (χ4v) is 2.81. The quantitative estimate of drug-likeness (QED) is 0.451. The molecule has 6 heteroatoms. The van der Waals surface area contributed by atoms with Gasteiger partial charge in [0, 0.05) is 39.3 Å². The molecule has 1 aliphatic heterocycles. The zero-order valence-corrected chi connectivity index (χ0v) is 16.0. The van der Waals surface area contributed by atoms with Crippen LogP contribution in [0.1, 0.15) is 19.8 Å². The van der Waals surface area contributed by atoms with Crippen LogP contribution in [-0.2, 0) is 0 Å². The Labute approximate surface area is 155 Å². The van der Waals surface area contributed by atoms with Crippen LogP contribution in [0.4, 0.5) is 10.1 Å². The highest BCUT2D eigenvalue weighted by Gasteiger charge is 2.24. The summed E-state index contributed by atoms with van der Waals surface area (Å²) in [6.45, 7) is 7.34. The topological polar surface area (TPSA) is 30.9 Å². The maximum Gasteiger partial charge on any atom is 0.194 e. The Balaban J connectivity index is 0.00000192. The highest BCUT2D eigenvalue weighted by atomic mass is 127. The smallest absolute Gasteiger partial charge is 0.194 e. The van der Waals surface area contributed by atoms with E-state index in [2.05, 4.69) is 22.0 Å². The van der Waals surface area contributed by atoms with Crippen molar-refractivity contribution in [1.29, 1.82) is 0 Å². The van der Waals surface area contributed by atoms with Gasteiger partial charge in [0.15, 0.2) is 5.96 Å². The lowest BCUT2D eigenvalue weighted by molar-refractivity contribution is 0.370. The third-order valence-electron chi connectivity index (χ3n) is 4.30. The average Bonchev–Trinajstić information content (AvgIpc) is 3.37. The Hall–Kier alpha value is -1.05. The summed E-state index contributed by atoms with van der Waals surface area (Å²) in [5, 5.41) is 3.38. The zero-order valence-electron chi connectivity index (χ0n) is 13.7. The van der Waals surface area contributed by atoms with E-state index in [9.17, 15) is 4.39 Å². The Morgan fingerprint density at radius 1 is 1.22 bits per heavy atom. The fraction of sp³-hybridized carbons (Fsp3) is 0.588. The second-order valence-electron chi connectivity index (χ2n) is 6.06. The highest BCUT2D eigenvalue weighted by Crippen LogP contribution is 2.29. The van der Waals surface area contributed by atoms with Crippen LogP contribution in [0.5, 0.6) is 0 Å². The monoisotopic (exact) mass is 432 g/mol. The number of piperazine rings is 1. The van der Waals surface area contributed by atoms with Gasteiger partial charge >= 0.3 is 0 Å². The van der Waals surface area contributed by atoms with Gasteiger partial charge < -0.3 is 15.1 Å². The van der Waals surface area contributed by atoms with Crippen molar-refractivity contribution in [2.75, 3.05) is 44.2 Å². The van der Waals surface area contributed by atoms with E-state index in [0.717, 1.165) is 51.1 Å². The largest absolute Gasteiger partial charge is 0.366 e. The van der Waals surface area contributed by atoms with E-state index in [1.54, 1.807) is 6.07 Å². The van der Waals surface area contributed by atoms with Gasteiger partial charge in [0.25, 0.3) is 0 Å². The molecule has 1 aromatic carbocycles. The Kier molecular flexibility index (Phi) is 6.92. The highest BCUT2D eigenvalue weighted by molar-refractivity contribution is 14.0. The molecule has 2 aliphatic rings. The number of nitrogens with zero attached hydrogens (tertiary/aromatic N) is 3. The number of hydrogen-bond acceptors (Lipinski definition) is 2. The van der Waals surface area contributed by atoms with Gasteiger partial charge in [0.1, 0.15) is 5.82 Å². The van der Waals surface area contributed by atoms with Crippen molar-refractivity contribution in [3.05, 3.63) is 30.1 Å². The minimum absolute atomic E-state index is 0. The molecule has 0 atom stereocenters. The number of para-hydroxylation sites is 1. The van der Waals surface area contributed by atoms with E-state index in [0.29, 0.717) is 5.69 Å². The normalized spacial score (nSPS) is 18.6. The molecule has 1 aliphatic carbocycles. The molecule has 23 heavy (non-hydrogen) atoms. The third kappa shape index (κ3) is 4.96. The van der Waals surface area contributed by atoms with Crippen molar-refractivity contribution in [1.82, 2.24) is 10.2 Å². The van der Waals surface area contributed by atoms with Gasteiger partial charge in [0.2, 0.25) is 0 Å². The van der Waals surface area contributed by atoms with Crippen molar-refractivity contribution < 1.29 is 4.39 Å². The van der Waals surface area contributed by atoms with Crippen molar-refractivity contribution in [2.45, 2.75) is 19.8 Å². The Morgan fingerprint density at radius 3 is 2.52 bits per heavy atom. The zero-order chi connectivity index (χ0) is 15.4. The molecule has 1 heterocycles. The number of hydrogen-bond donors (Lipinski definition) is 1. The number of anilines is 1. The number of nitrogens with one attached hydrogen (secondary N) is 1. The molecule has 0 amide bonds. The summed E-state index contributed by atoms with van der Waals surface area (Å²) < 4.78 is 13.9. The van der Waals surface area contributed by atoms with E-state index in [4.69, 9.17) is 4.99 Å². The second-order valence-corrected chi connectivity index (χ2v) is 6.06. The van der Waals surface area contributed by atoms with E-state index in [1.807, 2.05) is 12.1 Å². The van der Waals surface area contributed by atoms with Gasteiger partial charge in [-0.05, 0) is 37.8 Å². The summed E-state index contributed by atoms with van der Waals surface area (Å²) in [5.74, 6) is 1.68. The molecular formula is C17H26FIN4. The molecule has 1 aromatic rings. The summed E-state index contributed by atoms with van der Waals surface area (Å²) >= 11 is 0. The first kappa shape index (κ1) is 18.3. The molecule has 0 spiro atoms. The predicted octanol–water partition coefficient (Wildman–Crippen LogP) is 2.94. The van der Waals surface area contributed by atoms with Crippen LogP contribution in [-0.4, -0.2) is 50.1 Å². The van der Waals surface area contributed by atoms with Crippen LogP contribution < -0.4 is 10.2 Å². The third-order valence-corrected chi connectivity index (χ3v) is 4.30. The van der Waals surface area contributed by atoms with Crippen LogP contribution in [0.15, 0.2) is 29.3 Å². The predicted molar refractivity (Wildman–Crippen MR) is 104 cm³/mol. The van der Waals surface area contributed by atoms with Crippen molar-refractivity contribution in [3.63, 3.8) is 0 Å². The van der Waals surface area contributed by atoms with Crippen LogP contribution >= 0.6 is 24.0 Å². The minimum atomic E-state index is -0.134. The maximum absolute atomic E-state index is 13.9. The second kappa shape index (κ2) is 8.70. The van der Waals surface area contributed by atoms with Crippen LogP contribution in [0.3, 0.4) is 0 Å². The summed E-state index contributed by atoms with van der Waals surface area (Å²) in [6, 6.07) is 7.02. The van der Waals surface area contributed by atoms with Gasteiger partial charge in [0.05, 0.1) is 5.69 Å². The molecule has 0 radical (unpaired) electrons. The molecule has 1 N–H and O–H groups in total. The summed E-state index contributed by atoms with van der Waals surface area (Å²) in [6.07, 6.45) is 2.65. The molecular weight excluding hydrogens is 406 g/mol. The van der Waals surface area contributed by atoms with Gasteiger partial charge in [-0.1, -0.05) is 12.1 Å². The van der Waals surface area contributed by atoms with Gasteiger partial charge in [-0.15, -0.1) is 24.0 Å². The molecule has 1 saturated carbocycles. The van der Waals surface area contributed by atoms with Crippen LogP contribution in [0, 0.1) is 11.7 Å². The lowest BCUT2D eigenvalue weighted by Crippen LogP contribution is -2.52. The van der Waals surface area contributed by atoms with E-state index < -0.39 is 0 Å². The van der Waals surface area contributed by atoms with E-state index >= 15 is 0 Å². The first-order valence-electron chi connectivity index (χ1n) is 8.30.